The molecule has 0 spiro atoms. The summed E-state index contributed by atoms with van der Waals surface area (Å²) in [7, 11) is 0. The number of rotatable bonds is 9. The van der Waals surface area contributed by atoms with E-state index in [0.29, 0.717) is 18.1 Å². The van der Waals surface area contributed by atoms with Gasteiger partial charge in [-0.2, -0.15) is 0 Å². The van der Waals surface area contributed by atoms with Crippen LogP contribution in [0, 0.1) is 0 Å². The first-order valence-corrected chi connectivity index (χ1v) is 11.6. The first-order valence-electron chi connectivity index (χ1n) is 10.7. The second-order valence-corrected chi connectivity index (χ2v) is 8.83. The normalized spacial score (nSPS) is 11.8. The fraction of sp³-hybridized carbons (Fsp3) is 0.192. The third kappa shape index (κ3) is 5.65. The average molecular weight is 443 g/mol. The van der Waals surface area contributed by atoms with Crippen molar-refractivity contribution in [3.63, 3.8) is 0 Å². The molecule has 1 aromatic heterocycles. The van der Waals surface area contributed by atoms with E-state index in [4.69, 9.17) is 0 Å². The molecule has 1 amide bonds. The van der Waals surface area contributed by atoms with E-state index in [-0.39, 0.29) is 11.2 Å². The molecule has 162 valence electrons. The second kappa shape index (κ2) is 10.8. The molecule has 0 saturated carbocycles. The van der Waals surface area contributed by atoms with Crippen molar-refractivity contribution in [2.75, 3.05) is 6.54 Å². The summed E-state index contributed by atoms with van der Waals surface area (Å²) in [5.74, 6) is 0.847. The van der Waals surface area contributed by atoms with Gasteiger partial charge in [0.2, 0.25) is 5.91 Å². The van der Waals surface area contributed by atoms with Gasteiger partial charge in [0.1, 0.15) is 5.82 Å². The van der Waals surface area contributed by atoms with Crippen LogP contribution >= 0.6 is 11.8 Å². The summed E-state index contributed by atoms with van der Waals surface area (Å²) in [5.41, 5.74) is 3.37. The molecule has 1 unspecified atom stereocenters. The van der Waals surface area contributed by atoms with Crippen molar-refractivity contribution in [3.05, 3.63) is 108 Å². The molecule has 1 heterocycles. The van der Waals surface area contributed by atoms with E-state index in [1.165, 1.54) is 22.9 Å². The maximum Gasteiger partial charge on any atom is 0.233 e. The van der Waals surface area contributed by atoms with E-state index in [9.17, 15) is 4.79 Å². The molecule has 0 aliphatic rings. The van der Waals surface area contributed by atoms with Crippen molar-refractivity contribution in [3.8, 4) is 5.69 Å². The zero-order valence-corrected chi connectivity index (χ0v) is 18.8. The van der Waals surface area contributed by atoms with E-state index in [1.807, 2.05) is 78.2 Å². The summed E-state index contributed by atoms with van der Waals surface area (Å²) in [6.07, 6.45) is 1.48. The zero-order valence-electron chi connectivity index (χ0n) is 18.0. The Bertz CT molecular complexity index is 1130. The maximum atomic E-state index is 12.7. The molecule has 1 atom stereocenters. The van der Waals surface area contributed by atoms with Crippen LogP contribution in [0.15, 0.2) is 96.2 Å². The standard InChI is InChI=1S/C26H26N4OS/c1-20(25(31)27-18-17-21-11-5-2-6-12-21)32-26-29-28-24(19-22-13-7-3-8-14-22)30(26)23-15-9-4-10-16-23/h2-16,20H,17-19H2,1H3,(H,27,31). The van der Waals surface area contributed by atoms with Crippen LogP contribution < -0.4 is 5.32 Å². The SMILES string of the molecule is CC(Sc1nnc(Cc2ccccc2)n1-c1ccccc1)C(=O)NCCc1ccccc1. The van der Waals surface area contributed by atoms with Gasteiger partial charge in [-0.15, -0.1) is 10.2 Å². The van der Waals surface area contributed by atoms with Gasteiger partial charge in [-0.25, -0.2) is 0 Å². The van der Waals surface area contributed by atoms with Gasteiger partial charge in [0.05, 0.1) is 5.25 Å². The minimum atomic E-state index is -0.290. The number of nitrogens with one attached hydrogen (secondary N) is 1. The van der Waals surface area contributed by atoms with Crippen LogP contribution in [0.3, 0.4) is 0 Å². The molecule has 4 rings (SSSR count). The van der Waals surface area contributed by atoms with Crippen LogP contribution in [0.4, 0.5) is 0 Å². The smallest absolute Gasteiger partial charge is 0.233 e. The molecule has 32 heavy (non-hydrogen) atoms. The lowest BCUT2D eigenvalue weighted by Crippen LogP contribution is -2.32. The van der Waals surface area contributed by atoms with Gasteiger partial charge in [0, 0.05) is 18.7 Å². The Morgan fingerprint density at radius 1 is 0.875 bits per heavy atom. The number of nitrogens with zero attached hydrogens (tertiary/aromatic N) is 3. The molecule has 6 heteroatoms. The number of hydrogen-bond acceptors (Lipinski definition) is 4. The van der Waals surface area contributed by atoms with Gasteiger partial charge in [0.25, 0.3) is 0 Å². The number of hydrogen-bond donors (Lipinski definition) is 1. The van der Waals surface area contributed by atoms with Crippen LogP contribution in [0.2, 0.25) is 0 Å². The summed E-state index contributed by atoms with van der Waals surface area (Å²) in [5, 5.41) is 12.4. The molecule has 0 aliphatic heterocycles. The number of aromatic nitrogens is 3. The topological polar surface area (TPSA) is 59.8 Å². The first-order chi connectivity index (χ1) is 15.7. The van der Waals surface area contributed by atoms with Crippen LogP contribution in [0.5, 0.6) is 0 Å². The fourth-order valence-corrected chi connectivity index (χ4v) is 4.35. The number of para-hydroxylation sites is 1. The van der Waals surface area contributed by atoms with E-state index in [0.717, 1.165) is 17.9 Å². The lowest BCUT2D eigenvalue weighted by Gasteiger charge is -2.14. The Balaban J connectivity index is 1.47. The highest BCUT2D eigenvalue weighted by molar-refractivity contribution is 8.00. The minimum Gasteiger partial charge on any atom is -0.355 e. The lowest BCUT2D eigenvalue weighted by molar-refractivity contribution is -0.120. The molecular weight excluding hydrogens is 416 g/mol. The molecule has 3 aromatic carbocycles. The molecule has 0 bridgehead atoms. The third-order valence-electron chi connectivity index (χ3n) is 5.13. The number of carbonyl (C=O) groups is 1. The molecular formula is C26H26N4OS. The van der Waals surface area contributed by atoms with Crippen LogP contribution in [-0.2, 0) is 17.6 Å². The van der Waals surface area contributed by atoms with Gasteiger partial charge in [-0.1, -0.05) is 90.6 Å². The number of amides is 1. The van der Waals surface area contributed by atoms with E-state index >= 15 is 0 Å². The van der Waals surface area contributed by atoms with Gasteiger partial charge < -0.3 is 5.32 Å². The molecule has 5 nitrogen and oxygen atoms in total. The van der Waals surface area contributed by atoms with Crippen molar-refractivity contribution >= 4 is 17.7 Å². The molecule has 1 N–H and O–H groups in total. The van der Waals surface area contributed by atoms with E-state index in [2.05, 4.69) is 39.8 Å². The van der Waals surface area contributed by atoms with Crippen molar-refractivity contribution in [1.82, 2.24) is 20.1 Å². The number of carbonyl (C=O) groups excluding carboxylic acids is 1. The summed E-state index contributed by atoms with van der Waals surface area (Å²) in [4.78, 5) is 12.7. The largest absolute Gasteiger partial charge is 0.355 e. The minimum absolute atomic E-state index is 0.00171. The maximum absolute atomic E-state index is 12.7. The molecule has 0 fully saturated rings. The third-order valence-corrected chi connectivity index (χ3v) is 6.17. The van der Waals surface area contributed by atoms with Crippen LogP contribution in [-0.4, -0.2) is 32.5 Å². The highest BCUT2D eigenvalue weighted by Crippen LogP contribution is 2.26. The quantitative estimate of drug-likeness (QED) is 0.382. The predicted octanol–water partition coefficient (Wildman–Crippen LogP) is 4.70. The molecule has 0 radical (unpaired) electrons. The van der Waals surface area contributed by atoms with Crippen LogP contribution in [0.1, 0.15) is 23.9 Å². The summed E-state index contributed by atoms with van der Waals surface area (Å²) in [6, 6.07) is 30.4. The Morgan fingerprint density at radius 2 is 1.47 bits per heavy atom. The van der Waals surface area contributed by atoms with Crippen molar-refractivity contribution in [2.24, 2.45) is 0 Å². The Morgan fingerprint density at radius 3 is 2.12 bits per heavy atom. The monoisotopic (exact) mass is 442 g/mol. The number of benzene rings is 3. The fourth-order valence-electron chi connectivity index (χ4n) is 3.44. The van der Waals surface area contributed by atoms with Gasteiger partial charge in [0.15, 0.2) is 5.16 Å². The van der Waals surface area contributed by atoms with Crippen molar-refractivity contribution in [2.45, 2.75) is 30.2 Å². The molecule has 0 saturated heterocycles. The lowest BCUT2D eigenvalue weighted by atomic mass is 10.1. The van der Waals surface area contributed by atoms with Gasteiger partial charge in [-0.3, -0.25) is 9.36 Å². The summed E-state index contributed by atoms with van der Waals surface area (Å²) >= 11 is 1.43. The molecule has 0 aliphatic carbocycles. The Labute approximate surface area is 192 Å². The highest BCUT2D eigenvalue weighted by Gasteiger charge is 2.21. The number of thioether (sulfide) groups is 1. The van der Waals surface area contributed by atoms with Crippen molar-refractivity contribution in [1.29, 1.82) is 0 Å². The van der Waals surface area contributed by atoms with Gasteiger partial charge in [-0.05, 0) is 36.6 Å². The molecule has 4 aromatic rings. The summed E-state index contributed by atoms with van der Waals surface area (Å²) < 4.78 is 2.05. The first kappa shape index (κ1) is 21.8. The highest BCUT2D eigenvalue weighted by atomic mass is 32.2. The van der Waals surface area contributed by atoms with Crippen LogP contribution in [0.25, 0.3) is 5.69 Å². The van der Waals surface area contributed by atoms with E-state index < -0.39 is 0 Å². The Kier molecular flexibility index (Phi) is 7.35. The van der Waals surface area contributed by atoms with Crippen molar-refractivity contribution < 1.29 is 4.79 Å². The zero-order chi connectivity index (χ0) is 22.2. The predicted molar refractivity (Wildman–Crippen MR) is 129 cm³/mol. The average Bonchev–Trinajstić information content (AvgIpc) is 3.22. The summed E-state index contributed by atoms with van der Waals surface area (Å²) in [6.45, 7) is 2.52. The second-order valence-electron chi connectivity index (χ2n) is 7.52. The Hall–Kier alpha value is -3.38. The van der Waals surface area contributed by atoms with Gasteiger partial charge >= 0.3 is 0 Å². The van der Waals surface area contributed by atoms with E-state index in [1.54, 1.807) is 0 Å².